The topological polar surface area (TPSA) is 110 Å². The maximum absolute atomic E-state index is 13.5. The lowest BCUT2D eigenvalue weighted by atomic mass is 10.0. The third-order valence-corrected chi connectivity index (χ3v) is 6.07. The molecule has 9 heteroatoms. The summed E-state index contributed by atoms with van der Waals surface area (Å²) in [6.07, 6.45) is 4.93. The minimum Gasteiger partial charge on any atom is -0.494 e. The summed E-state index contributed by atoms with van der Waals surface area (Å²) in [5.41, 5.74) is 1.62. The molecule has 0 amide bonds. The number of ether oxygens (including phenoxy) is 1. The Labute approximate surface area is 218 Å². The molecule has 2 aromatic heterocycles. The van der Waals surface area contributed by atoms with Crippen molar-refractivity contribution >= 4 is 11.9 Å². The normalized spacial score (nSPS) is 11.1. The fourth-order valence-corrected chi connectivity index (χ4v) is 4.12. The highest BCUT2D eigenvalue weighted by atomic mass is 19.1. The molecule has 192 valence electrons. The van der Waals surface area contributed by atoms with Gasteiger partial charge in [-0.2, -0.15) is 10.4 Å². The number of benzene rings is 2. The van der Waals surface area contributed by atoms with E-state index >= 15 is 0 Å². The van der Waals surface area contributed by atoms with Crippen LogP contribution in [0.5, 0.6) is 5.88 Å². The summed E-state index contributed by atoms with van der Waals surface area (Å²) in [4.78, 5) is 26.0. The van der Waals surface area contributed by atoms with E-state index in [2.05, 4.69) is 5.10 Å². The molecule has 0 spiro atoms. The van der Waals surface area contributed by atoms with Crippen molar-refractivity contribution in [3.8, 4) is 28.9 Å². The van der Waals surface area contributed by atoms with E-state index in [1.54, 1.807) is 29.1 Å². The van der Waals surface area contributed by atoms with Gasteiger partial charge in [-0.1, -0.05) is 18.2 Å². The van der Waals surface area contributed by atoms with E-state index in [0.717, 1.165) is 10.3 Å². The summed E-state index contributed by atoms with van der Waals surface area (Å²) in [5, 5.41) is 25.1. The van der Waals surface area contributed by atoms with Crippen LogP contribution in [0.1, 0.15) is 33.5 Å². The molecule has 0 bridgehead atoms. The Bertz CT molecular complexity index is 1600. The van der Waals surface area contributed by atoms with Gasteiger partial charge in [-0.15, -0.1) is 0 Å². The molecule has 0 saturated carbocycles. The lowest BCUT2D eigenvalue weighted by molar-refractivity contribution is 0.104. The van der Waals surface area contributed by atoms with E-state index in [4.69, 9.17) is 4.74 Å². The molecule has 2 heterocycles. The Balaban J connectivity index is 1.77. The maximum atomic E-state index is 13.5. The van der Waals surface area contributed by atoms with Crippen molar-refractivity contribution in [2.45, 2.75) is 19.9 Å². The molecule has 0 aliphatic carbocycles. The van der Waals surface area contributed by atoms with Crippen molar-refractivity contribution < 1.29 is 19.0 Å². The molecule has 0 fully saturated rings. The van der Waals surface area contributed by atoms with Crippen LogP contribution in [0.2, 0.25) is 0 Å². The average Bonchev–Trinajstić information content (AvgIpc) is 3.35. The Morgan fingerprint density at radius 2 is 1.89 bits per heavy atom. The third kappa shape index (κ3) is 5.31. The zero-order valence-electron chi connectivity index (χ0n) is 20.9. The van der Waals surface area contributed by atoms with Crippen LogP contribution < -0.4 is 5.56 Å². The molecule has 8 nitrogen and oxygen atoms in total. The van der Waals surface area contributed by atoms with Gasteiger partial charge in [0.15, 0.2) is 5.78 Å². The Morgan fingerprint density at radius 3 is 2.55 bits per heavy atom. The molecule has 0 aliphatic heterocycles. The van der Waals surface area contributed by atoms with Gasteiger partial charge < -0.3 is 9.84 Å². The Kier molecular flexibility index (Phi) is 7.94. The van der Waals surface area contributed by atoms with E-state index in [-0.39, 0.29) is 29.1 Å². The van der Waals surface area contributed by atoms with Crippen molar-refractivity contribution in [2.75, 3.05) is 13.7 Å². The largest absolute Gasteiger partial charge is 0.494 e. The number of para-hydroxylation sites is 1. The molecule has 0 unspecified atom stereocenters. The number of halogens is 1. The zero-order valence-corrected chi connectivity index (χ0v) is 20.9. The molecule has 2 aromatic carbocycles. The summed E-state index contributed by atoms with van der Waals surface area (Å²) < 4.78 is 21.2. The zero-order chi connectivity index (χ0) is 27.2. The quantitative estimate of drug-likeness (QED) is 0.198. The van der Waals surface area contributed by atoms with Crippen LogP contribution in [-0.4, -0.2) is 39.0 Å². The fourth-order valence-electron chi connectivity index (χ4n) is 4.12. The first-order valence-corrected chi connectivity index (χ1v) is 11.8. The van der Waals surface area contributed by atoms with Crippen LogP contribution >= 0.6 is 0 Å². The molecular formula is C29H25FN4O4. The van der Waals surface area contributed by atoms with E-state index < -0.39 is 17.2 Å². The van der Waals surface area contributed by atoms with E-state index in [1.165, 1.54) is 32.2 Å². The number of nitrogens with zero attached hydrogens (tertiary/aromatic N) is 4. The predicted octanol–water partition coefficient (Wildman–Crippen LogP) is 4.66. The van der Waals surface area contributed by atoms with Gasteiger partial charge in [0.1, 0.15) is 17.4 Å². The summed E-state index contributed by atoms with van der Waals surface area (Å²) in [6.45, 7) is 1.87. The summed E-state index contributed by atoms with van der Waals surface area (Å²) in [5.74, 6) is -1.48. The van der Waals surface area contributed by atoms with Crippen molar-refractivity contribution in [2.24, 2.45) is 0 Å². The number of hydrogen-bond acceptors (Lipinski definition) is 6. The molecule has 0 radical (unpaired) electrons. The molecule has 38 heavy (non-hydrogen) atoms. The predicted molar refractivity (Wildman–Crippen MR) is 141 cm³/mol. The highest BCUT2D eigenvalue weighted by Gasteiger charge is 2.23. The summed E-state index contributed by atoms with van der Waals surface area (Å²) in [6, 6.07) is 17.1. The van der Waals surface area contributed by atoms with Crippen molar-refractivity contribution in [1.29, 1.82) is 5.26 Å². The monoisotopic (exact) mass is 512 g/mol. The number of rotatable bonds is 9. The molecule has 1 N–H and O–H groups in total. The van der Waals surface area contributed by atoms with Gasteiger partial charge in [-0.3, -0.25) is 14.2 Å². The Hall–Kier alpha value is -4.81. The third-order valence-electron chi connectivity index (χ3n) is 6.07. The first-order valence-electron chi connectivity index (χ1n) is 11.8. The molecule has 0 atom stereocenters. The first kappa shape index (κ1) is 26.3. The second-order valence-electron chi connectivity index (χ2n) is 8.53. The van der Waals surface area contributed by atoms with E-state index in [9.17, 15) is 24.3 Å². The average molecular weight is 513 g/mol. The standard InChI is InChI=1S/C29H25FN4O4/c1-19-24(17-31)28(36)33(15-6-16-38-2)29(37)26(19)25(35)14-11-21-18-34(23-7-4-3-5-8-23)32-27(21)20-9-12-22(30)13-10-20/h3-5,7-14,18,37H,6,15-16H2,1-2H3/b14-11+. The lowest BCUT2D eigenvalue weighted by Crippen LogP contribution is -2.26. The number of carbonyl (C=O) groups is 1. The number of hydrogen-bond donors (Lipinski definition) is 1. The van der Waals surface area contributed by atoms with Gasteiger partial charge in [-0.05, 0) is 67.5 Å². The number of aromatic hydroxyl groups is 1. The van der Waals surface area contributed by atoms with Gasteiger partial charge >= 0.3 is 0 Å². The fraction of sp³-hybridized carbons (Fsp3) is 0.172. The SMILES string of the molecule is COCCCn1c(O)c(C(=O)/C=C/c2cn(-c3ccccc3)nc2-c2ccc(F)cc2)c(C)c(C#N)c1=O. The highest BCUT2D eigenvalue weighted by Crippen LogP contribution is 2.27. The second kappa shape index (κ2) is 11.5. The van der Waals surface area contributed by atoms with Gasteiger partial charge in [0, 0.05) is 37.6 Å². The molecule has 0 aliphatic rings. The van der Waals surface area contributed by atoms with Crippen LogP contribution in [-0.2, 0) is 11.3 Å². The minimum atomic E-state index is -0.665. The van der Waals surface area contributed by atoms with E-state index in [1.807, 2.05) is 36.4 Å². The molecule has 4 aromatic rings. The highest BCUT2D eigenvalue weighted by molar-refractivity contribution is 6.09. The molecule has 4 rings (SSSR count). The smallest absolute Gasteiger partial charge is 0.271 e. The van der Waals surface area contributed by atoms with Crippen molar-refractivity contribution in [3.63, 3.8) is 0 Å². The summed E-state index contributed by atoms with van der Waals surface area (Å²) >= 11 is 0. The van der Waals surface area contributed by atoms with Crippen molar-refractivity contribution in [1.82, 2.24) is 14.3 Å². The van der Waals surface area contributed by atoms with Crippen LogP contribution in [0, 0.1) is 24.1 Å². The second-order valence-corrected chi connectivity index (χ2v) is 8.53. The van der Waals surface area contributed by atoms with E-state index in [0.29, 0.717) is 29.8 Å². The summed E-state index contributed by atoms with van der Waals surface area (Å²) in [7, 11) is 1.51. The van der Waals surface area contributed by atoms with Gasteiger partial charge in [-0.25, -0.2) is 9.07 Å². The number of methoxy groups -OCH3 is 1. The number of pyridine rings is 1. The lowest BCUT2D eigenvalue weighted by Gasteiger charge is -2.14. The number of ketones is 1. The number of allylic oxidation sites excluding steroid dienone is 1. The van der Waals surface area contributed by atoms with Crippen LogP contribution in [0.4, 0.5) is 4.39 Å². The van der Waals surface area contributed by atoms with Crippen LogP contribution in [0.3, 0.4) is 0 Å². The molecule has 0 saturated heterocycles. The number of aromatic nitrogens is 3. The van der Waals surface area contributed by atoms with Crippen LogP contribution in [0.25, 0.3) is 23.0 Å². The Morgan fingerprint density at radius 1 is 1.18 bits per heavy atom. The minimum absolute atomic E-state index is 0.0794. The number of carbonyl (C=O) groups excluding carboxylic acids is 1. The van der Waals surface area contributed by atoms with Crippen LogP contribution in [0.15, 0.2) is 71.7 Å². The van der Waals surface area contributed by atoms with Gasteiger partial charge in [0.05, 0.1) is 16.9 Å². The maximum Gasteiger partial charge on any atom is 0.271 e. The van der Waals surface area contributed by atoms with Gasteiger partial charge in [0.2, 0.25) is 5.88 Å². The number of nitriles is 1. The van der Waals surface area contributed by atoms with Crippen molar-refractivity contribution in [3.05, 3.63) is 105 Å². The first-order chi connectivity index (χ1) is 18.3. The van der Waals surface area contributed by atoms with Gasteiger partial charge in [0.25, 0.3) is 5.56 Å². The molecular weight excluding hydrogens is 487 g/mol.